The van der Waals surface area contributed by atoms with Crippen molar-refractivity contribution in [2.45, 2.75) is 31.0 Å². The van der Waals surface area contributed by atoms with Gasteiger partial charge in [0.05, 0.1) is 27.7 Å². The highest BCUT2D eigenvalue weighted by atomic mass is 16.4. The average Bonchev–Trinajstić information content (AvgIpc) is 2.51. The van der Waals surface area contributed by atoms with Crippen molar-refractivity contribution in [1.82, 2.24) is 0 Å². The summed E-state index contributed by atoms with van der Waals surface area (Å²) in [5, 5.41) is 43.5. The summed E-state index contributed by atoms with van der Waals surface area (Å²) in [6.45, 7) is 0.338. The van der Waals surface area contributed by atoms with Crippen LogP contribution in [0.5, 0.6) is 0 Å². The van der Waals surface area contributed by atoms with Crippen molar-refractivity contribution >= 4 is 6.29 Å². The molecule has 0 aliphatic rings. The van der Waals surface area contributed by atoms with Gasteiger partial charge in [-0.2, -0.15) is 0 Å². The van der Waals surface area contributed by atoms with Crippen molar-refractivity contribution < 1.29 is 40.3 Å². The smallest absolute Gasteiger partial charge is 0.151 e. The summed E-state index contributed by atoms with van der Waals surface area (Å²) < 4.78 is 0.990. The first-order valence-corrected chi connectivity index (χ1v) is 7.25. The number of rotatable bonds is 7. The summed E-state index contributed by atoms with van der Waals surface area (Å²) in [6.07, 6.45) is -6.84. The quantitative estimate of drug-likeness (QED) is 0.293. The molecule has 0 aliphatic heterocycles. The molecule has 0 spiro atoms. The number of carbonyl (C=O) groups is 1. The van der Waals surface area contributed by atoms with E-state index in [1.54, 1.807) is 0 Å². The average molecular weight is 347 g/mol. The number of carbonyl (C=O) groups excluding carboxylic acids is 1. The standard InChI is InChI=1S/C10H16N.C6H12O6.H2O/c1-11(2,3)9-10-7-5-4-6-8-10;7-1-3(9)5(11)6(12)4(10)2-8;/h4-8H,9H2,1-3H3;1,3-6,8-12H,2H2;1H2/q+1;;/p-1/t;3-,4+,5+,6+;/m.0./s1. The van der Waals surface area contributed by atoms with Gasteiger partial charge in [-0.3, -0.25) is 0 Å². The summed E-state index contributed by atoms with van der Waals surface area (Å²) in [5.74, 6) is 0. The maximum atomic E-state index is 9.90. The van der Waals surface area contributed by atoms with Crippen LogP contribution in [0.15, 0.2) is 30.3 Å². The van der Waals surface area contributed by atoms with Gasteiger partial charge in [-0.25, -0.2) is 0 Å². The van der Waals surface area contributed by atoms with Crippen molar-refractivity contribution in [3.05, 3.63) is 35.9 Å². The zero-order chi connectivity index (χ0) is 18.0. The van der Waals surface area contributed by atoms with E-state index in [-0.39, 0.29) is 11.8 Å². The molecular formula is C16H29NO7. The third-order valence-corrected chi connectivity index (χ3v) is 2.92. The minimum Gasteiger partial charge on any atom is -0.870 e. The number of aldehydes is 1. The van der Waals surface area contributed by atoms with Gasteiger partial charge in [0.15, 0.2) is 6.29 Å². The molecule has 0 radical (unpaired) electrons. The minimum absolute atomic E-state index is 0. The zero-order valence-corrected chi connectivity index (χ0v) is 14.2. The van der Waals surface area contributed by atoms with Gasteiger partial charge in [0.2, 0.25) is 0 Å². The van der Waals surface area contributed by atoms with Crippen molar-refractivity contribution in [2.24, 2.45) is 0 Å². The van der Waals surface area contributed by atoms with Crippen LogP contribution in [0.25, 0.3) is 0 Å². The molecule has 6 N–H and O–H groups in total. The number of hydrogen-bond acceptors (Lipinski definition) is 7. The van der Waals surface area contributed by atoms with Crippen LogP contribution in [-0.4, -0.2) is 93.9 Å². The molecule has 0 bridgehead atoms. The number of nitrogens with zero attached hydrogens (tertiary/aromatic N) is 1. The van der Waals surface area contributed by atoms with Crippen LogP contribution in [0.1, 0.15) is 5.56 Å². The predicted molar refractivity (Wildman–Crippen MR) is 87.3 cm³/mol. The lowest BCUT2D eigenvalue weighted by atomic mass is 10.0. The van der Waals surface area contributed by atoms with Crippen LogP contribution in [0, 0.1) is 0 Å². The van der Waals surface area contributed by atoms with E-state index in [1.165, 1.54) is 5.56 Å². The third-order valence-electron chi connectivity index (χ3n) is 2.92. The van der Waals surface area contributed by atoms with E-state index in [9.17, 15) is 4.79 Å². The zero-order valence-electron chi connectivity index (χ0n) is 14.2. The van der Waals surface area contributed by atoms with Gasteiger partial charge in [0, 0.05) is 5.56 Å². The van der Waals surface area contributed by atoms with Crippen molar-refractivity contribution in [1.29, 1.82) is 0 Å². The van der Waals surface area contributed by atoms with Gasteiger partial charge in [-0.1, -0.05) is 30.3 Å². The fraction of sp³-hybridized carbons (Fsp3) is 0.562. The van der Waals surface area contributed by atoms with Crippen LogP contribution in [-0.2, 0) is 11.3 Å². The molecule has 0 amide bonds. The monoisotopic (exact) mass is 347 g/mol. The van der Waals surface area contributed by atoms with E-state index in [0.717, 1.165) is 11.0 Å². The van der Waals surface area contributed by atoms with Gasteiger partial charge >= 0.3 is 0 Å². The van der Waals surface area contributed by atoms with Gasteiger partial charge in [0.1, 0.15) is 31.0 Å². The minimum atomic E-state index is -1.79. The Morgan fingerprint density at radius 3 is 1.88 bits per heavy atom. The number of quaternary nitrogens is 1. The molecule has 0 heterocycles. The molecule has 8 heteroatoms. The van der Waals surface area contributed by atoms with Crippen LogP contribution in [0.3, 0.4) is 0 Å². The second-order valence-electron chi connectivity index (χ2n) is 6.29. The Hall–Kier alpha value is -1.39. The lowest BCUT2D eigenvalue weighted by Gasteiger charge is -2.23. The Labute approximate surface area is 142 Å². The molecule has 4 atom stereocenters. The van der Waals surface area contributed by atoms with E-state index in [2.05, 4.69) is 51.5 Å². The fourth-order valence-corrected chi connectivity index (χ4v) is 1.75. The summed E-state index contributed by atoms with van der Waals surface area (Å²) in [6, 6.07) is 10.6. The molecule has 140 valence electrons. The largest absolute Gasteiger partial charge is 0.870 e. The Bertz CT molecular complexity index is 436. The molecule has 0 aromatic heterocycles. The first-order valence-electron chi connectivity index (χ1n) is 7.25. The van der Waals surface area contributed by atoms with E-state index in [4.69, 9.17) is 25.5 Å². The van der Waals surface area contributed by atoms with Crippen molar-refractivity contribution in [3.8, 4) is 0 Å². The maximum Gasteiger partial charge on any atom is 0.151 e. The van der Waals surface area contributed by atoms with E-state index < -0.39 is 31.0 Å². The number of benzene rings is 1. The highest BCUT2D eigenvalue weighted by Gasteiger charge is 2.29. The predicted octanol–water partition coefficient (Wildman–Crippen LogP) is -1.66. The summed E-state index contributed by atoms with van der Waals surface area (Å²) >= 11 is 0. The molecule has 0 saturated heterocycles. The highest BCUT2D eigenvalue weighted by molar-refractivity contribution is 5.56. The Kier molecular flexibility index (Phi) is 12.5. The van der Waals surface area contributed by atoms with E-state index in [1.807, 2.05) is 0 Å². The van der Waals surface area contributed by atoms with Gasteiger partial charge < -0.3 is 40.3 Å². The van der Waals surface area contributed by atoms with E-state index in [0.29, 0.717) is 0 Å². The molecule has 1 rings (SSSR count). The topological polar surface area (TPSA) is 148 Å². The molecule has 0 saturated carbocycles. The fourth-order valence-electron chi connectivity index (χ4n) is 1.75. The summed E-state index contributed by atoms with van der Waals surface area (Å²) in [7, 11) is 6.60. The van der Waals surface area contributed by atoms with Crippen LogP contribution in [0.4, 0.5) is 0 Å². The molecule has 8 nitrogen and oxygen atoms in total. The Morgan fingerprint density at radius 2 is 1.50 bits per heavy atom. The molecule has 0 aliphatic carbocycles. The third kappa shape index (κ3) is 10.4. The molecule has 1 aromatic carbocycles. The van der Waals surface area contributed by atoms with Gasteiger partial charge in [-0.15, -0.1) is 0 Å². The number of aliphatic hydroxyl groups excluding tert-OH is 5. The lowest BCUT2D eigenvalue weighted by Crippen LogP contribution is -2.46. The number of hydrogen-bond donors (Lipinski definition) is 5. The Morgan fingerprint density at radius 1 is 1.00 bits per heavy atom. The van der Waals surface area contributed by atoms with E-state index >= 15 is 0 Å². The van der Waals surface area contributed by atoms with Crippen molar-refractivity contribution in [3.63, 3.8) is 0 Å². The van der Waals surface area contributed by atoms with Crippen molar-refractivity contribution in [2.75, 3.05) is 27.7 Å². The Balaban J connectivity index is 0. The first kappa shape index (κ1) is 24.9. The lowest BCUT2D eigenvalue weighted by molar-refractivity contribution is -0.884. The SMILES string of the molecule is C[N+](C)(C)Cc1ccccc1.O=C[C@H](O)[C@@H](O)[C@H](O)[C@H](O)CO.[OH-]. The normalized spacial score (nSPS) is 15.8. The van der Waals surface area contributed by atoms with Gasteiger partial charge in [-0.05, 0) is 0 Å². The first-order chi connectivity index (χ1) is 10.6. The molecule has 0 fully saturated rings. The highest BCUT2D eigenvalue weighted by Crippen LogP contribution is 2.05. The molecule has 24 heavy (non-hydrogen) atoms. The van der Waals surface area contributed by atoms with Gasteiger partial charge in [0.25, 0.3) is 0 Å². The summed E-state index contributed by atoms with van der Waals surface area (Å²) in [4.78, 5) is 9.90. The molecule has 0 unspecified atom stereocenters. The molecule has 1 aromatic rings. The summed E-state index contributed by atoms with van der Waals surface area (Å²) in [5.41, 5.74) is 1.40. The van der Waals surface area contributed by atoms with Crippen LogP contribution < -0.4 is 0 Å². The van der Waals surface area contributed by atoms with Crippen LogP contribution in [0.2, 0.25) is 0 Å². The maximum absolute atomic E-state index is 9.90. The second-order valence-corrected chi connectivity index (χ2v) is 6.29. The second kappa shape index (κ2) is 12.0. The molecular weight excluding hydrogens is 318 g/mol. The van der Waals surface area contributed by atoms with Crippen LogP contribution >= 0.6 is 0 Å². The number of aliphatic hydroxyl groups is 5.